The lowest BCUT2D eigenvalue weighted by molar-refractivity contribution is -0.118. The molecule has 0 unspecified atom stereocenters. The van der Waals surface area contributed by atoms with Crippen molar-refractivity contribution in [3.8, 4) is 11.8 Å². The third-order valence-corrected chi connectivity index (χ3v) is 6.17. The molecule has 0 bridgehead atoms. The molecule has 0 atom stereocenters. The molecule has 0 spiro atoms. The Morgan fingerprint density at radius 1 is 1.18 bits per heavy atom. The van der Waals surface area contributed by atoms with E-state index in [1.54, 1.807) is 51.1 Å². The summed E-state index contributed by atoms with van der Waals surface area (Å²) in [6.07, 6.45) is 0. The number of hydrogen-bond acceptors (Lipinski definition) is 5. The van der Waals surface area contributed by atoms with E-state index in [2.05, 4.69) is 5.32 Å². The maximum absolute atomic E-state index is 12.6. The van der Waals surface area contributed by atoms with Gasteiger partial charge in [-0.15, -0.1) is 0 Å². The van der Waals surface area contributed by atoms with Gasteiger partial charge in [0, 0.05) is 18.8 Å². The zero-order chi connectivity index (χ0) is 20.7. The lowest BCUT2D eigenvalue weighted by atomic mass is 10.1. The lowest BCUT2D eigenvalue weighted by Crippen LogP contribution is -2.30. The summed E-state index contributed by atoms with van der Waals surface area (Å²) in [6.45, 7) is 5.83. The van der Waals surface area contributed by atoms with Crippen LogP contribution >= 0.6 is 0 Å². The Bertz CT molecular complexity index is 993. The largest absolute Gasteiger partial charge is 0.483 e. The van der Waals surface area contributed by atoms with Gasteiger partial charge in [0.05, 0.1) is 16.5 Å². The number of rotatable bonds is 8. The molecule has 0 radical (unpaired) electrons. The molecule has 1 amide bonds. The van der Waals surface area contributed by atoms with Crippen LogP contribution in [0.4, 0.5) is 5.69 Å². The molecule has 0 aromatic heterocycles. The van der Waals surface area contributed by atoms with Crippen molar-refractivity contribution in [3.63, 3.8) is 0 Å². The lowest BCUT2D eigenvalue weighted by Gasteiger charge is -2.19. The van der Waals surface area contributed by atoms with Crippen molar-refractivity contribution in [1.82, 2.24) is 4.31 Å². The maximum Gasteiger partial charge on any atom is 0.262 e. The Balaban J connectivity index is 2.06. The number of amides is 1. The summed E-state index contributed by atoms with van der Waals surface area (Å²) in [6, 6.07) is 13.1. The van der Waals surface area contributed by atoms with Crippen LogP contribution in [0.25, 0.3) is 0 Å². The van der Waals surface area contributed by atoms with Crippen LogP contribution in [0.3, 0.4) is 0 Å². The number of sulfonamides is 1. The Kier molecular flexibility index (Phi) is 7.15. The quantitative estimate of drug-likeness (QED) is 0.733. The van der Waals surface area contributed by atoms with E-state index in [0.29, 0.717) is 30.1 Å². The van der Waals surface area contributed by atoms with Crippen molar-refractivity contribution in [1.29, 1.82) is 5.26 Å². The van der Waals surface area contributed by atoms with E-state index in [1.165, 1.54) is 16.4 Å². The van der Waals surface area contributed by atoms with E-state index in [4.69, 9.17) is 10.00 Å². The Morgan fingerprint density at radius 2 is 1.89 bits per heavy atom. The molecule has 0 saturated heterocycles. The fourth-order valence-corrected chi connectivity index (χ4v) is 4.17. The van der Waals surface area contributed by atoms with Crippen molar-refractivity contribution in [2.45, 2.75) is 25.7 Å². The summed E-state index contributed by atoms with van der Waals surface area (Å²) in [5, 5.41) is 11.5. The number of hydrogen-bond donors (Lipinski definition) is 1. The summed E-state index contributed by atoms with van der Waals surface area (Å²) >= 11 is 0. The van der Waals surface area contributed by atoms with Gasteiger partial charge < -0.3 is 10.1 Å². The SMILES string of the molecule is CCN(CC)S(=O)(=O)c1cccc(NC(=O)COc2ccc(C#N)cc2C)c1. The number of nitrogens with zero attached hydrogens (tertiary/aromatic N) is 2. The van der Waals surface area contributed by atoms with Gasteiger partial charge in [0.2, 0.25) is 10.0 Å². The average molecular weight is 401 g/mol. The highest BCUT2D eigenvalue weighted by molar-refractivity contribution is 7.89. The van der Waals surface area contributed by atoms with Crippen molar-refractivity contribution in [2.75, 3.05) is 25.0 Å². The minimum absolute atomic E-state index is 0.123. The van der Waals surface area contributed by atoms with Gasteiger partial charge in [0.25, 0.3) is 5.91 Å². The van der Waals surface area contributed by atoms with Crippen LogP contribution in [0.1, 0.15) is 25.0 Å². The molecule has 0 heterocycles. The van der Waals surface area contributed by atoms with Crippen LogP contribution in [-0.2, 0) is 14.8 Å². The third kappa shape index (κ3) is 5.09. The molecule has 2 aromatic rings. The molecule has 148 valence electrons. The van der Waals surface area contributed by atoms with Crippen molar-refractivity contribution in [3.05, 3.63) is 53.6 Å². The first-order valence-electron chi connectivity index (χ1n) is 8.85. The van der Waals surface area contributed by atoms with Crippen LogP contribution in [0.15, 0.2) is 47.4 Å². The maximum atomic E-state index is 12.6. The average Bonchev–Trinajstić information content (AvgIpc) is 2.68. The minimum Gasteiger partial charge on any atom is -0.483 e. The number of carbonyl (C=O) groups excluding carboxylic acids is 1. The standard InChI is InChI=1S/C20H23N3O4S/c1-4-23(5-2)28(25,26)18-8-6-7-17(12-18)22-20(24)14-27-19-10-9-16(13-21)11-15(19)3/h6-12H,4-5,14H2,1-3H3,(H,22,24). The molecule has 0 aliphatic rings. The van der Waals surface area contributed by atoms with E-state index < -0.39 is 15.9 Å². The molecule has 2 aromatic carbocycles. The van der Waals surface area contributed by atoms with Gasteiger partial charge in [-0.1, -0.05) is 19.9 Å². The molecule has 0 saturated carbocycles. The third-order valence-electron chi connectivity index (χ3n) is 4.12. The van der Waals surface area contributed by atoms with Crippen molar-refractivity contribution >= 4 is 21.6 Å². The van der Waals surface area contributed by atoms with Gasteiger partial charge in [0.15, 0.2) is 6.61 Å². The van der Waals surface area contributed by atoms with Crippen molar-refractivity contribution in [2.24, 2.45) is 0 Å². The number of carbonyl (C=O) groups is 1. The van der Waals surface area contributed by atoms with Gasteiger partial charge >= 0.3 is 0 Å². The Hall–Kier alpha value is -2.89. The molecule has 0 fully saturated rings. The topological polar surface area (TPSA) is 99.5 Å². The van der Waals surface area contributed by atoms with Gasteiger partial charge in [0.1, 0.15) is 5.75 Å². The summed E-state index contributed by atoms with van der Waals surface area (Å²) in [4.78, 5) is 12.3. The predicted octanol–water partition coefficient (Wildman–Crippen LogP) is 2.91. The Morgan fingerprint density at radius 3 is 2.50 bits per heavy atom. The number of nitriles is 1. The first-order valence-corrected chi connectivity index (χ1v) is 10.3. The monoisotopic (exact) mass is 401 g/mol. The summed E-state index contributed by atoms with van der Waals surface area (Å²) in [5.41, 5.74) is 1.64. The van der Waals surface area contributed by atoms with E-state index in [1.807, 2.05) is 6.07 Å². The summed E-state index contributed by atoms with van der Waals surface area (Å²) in [5.74, 6) is 0.0909. The molecular weight excluding hydrogens is 378 g/mol. The number of aryl methyl sites for hydroxylation is 1. The van der Waals surface area contributed by atoms with Gasteiger partial charge in [-0.25, -0.2) is 8.42 Å². The number of anilines is 1. The van der Waals surface area contributed by atoms with Crippen LogP contribution in [0.5, 0.6) is 5.75 Å². The highest BCUT2D eigenvalue weighted by atomic mass is 32.2. The molecule has 0 aliphatic carbocycles. The second-order valence-electron chi connectivity index (χ2n) is 6.05. The second kappa shape index (κ2) is 9.35. The molecule has 7 nitrogen and oxygen atoms in total. The number of nitrogens with one attached hydrogen (secondary N) is 1. The van der Waals surface area contributed by atoms with Crippen LogP contribution in [0, 0.1) is 18.3 Å². The first-order chi connectivity index (χ1) is 13.3. The highest BCUT2D eigenvalue weighted by Crippen LogP contribution is 2.21. The number of benzene rings is 2. The summed E-state index contributed by atoms with van der Waals surface area (Å²) < 4.78 is 32.0. The zero-order valence-electron chi connectivity index (χ0n) is 16.1. The van der Waals surface area contributed by atoms with Gasteiger partial charge in [-0.3, -0.25) is 4.79 Å². The van der Waals surface area contributed by atoms with Crippen LogP contribution < -0.4 is 10.1 Å². The van der Waals surface area contributed by atoms with Gasteiger partial charge in [-0.2, -0.15) is 9.57 Å². The fourth-order valence-electron chi connectivity index (χ4n) is 2.67. The van der Waals surface area contributed by atoms with E-state index in [0.717, 1.165) is 5.56 Å². The van der Waals surface area contributed by atoms with Crippen molar-refractivity contribution < 1.29 is 17.9 Å². The molecular formula is C20H23N3O4S. The first kappa shape index (κ1) is 21.4. The second-order valence-corrected chi connectivity index (χ2v) is 7.98. The van der Waals surface area contributed by atoms with E-state index in [-0.39, 0.29) is 11.5 Å². The fraction of sp³-hybridized carbons (Fsp3) is 0.300. The number of ether oxygens (including phenoxy) is 1. The smallest absolute Gasteiger partial charge is 0.262 e. The molecule has 0 aliphatic heterocycles. The van der Waals surface area contributed by atoms with E-state index in [9.17, 15) is 13.2 Å². The van der Waals surface area contributed by atoms with Crippen LogP contribution in [0.2, 0.25) is 0 Å². The normalized spacial score (nSPS) is 11.1. The molecule has 1 N–H and O–H groups in total. The summed E-state index contributed by atoms with van der Waals surface area (Å²) in [7, 11) is -3.60. The van der Waals surface area contributed by atoms with Gasteiger partial charge in [-0.05, 0) is 48.9 Å². The Labute approximate surface area is 165 Å². The molecule has 8 heteroatoms. The van der Waals surface area contributed by atoms with E-state index >= 15 is 0 Å². The zero-order valence-corrected chi connectivity index (χ0v) is 16.9. The minimum atomic E-state index is -3.60. The molecule has 28 heavy (non-hydrogen) atoms. The van der Waals surface area contributed by atoms with Crippen LogP contribution in [-0.4, -0.2) is 38.3 Å². The predicted molar refractivity (Wildman–Crippen MR) is 107 cm³/mol. The molecule has 2 rings (SSSR count). The highest BCUT2D eigenvalue weighted by Gasteiger charge is 2.21.